The molecule has 100 valence electrons. The van der Waals surface area contributed by atoms with Crippen molar-refractivity contribution < 1.29 is 14.3 Å². The fourth-order valence-electron chi connectivity index (χ4n) is 2.86. The van der Waals surface area contributed by atoms with Gasteiger partial charge in [0.2, 0.25) is 5.91 Å². The van der Waals surface area contributed by atoms with Crippen LogP contribution in [0.4, 0.5) is 0 Å². The number of hydrogen-bond donors (Lipinski definition) is 0. The molecule has 5 heteroatoms. The van der Waals surface area contributed by atoms with Crippen LogP contribution in [0.15, 0.2) is 0 Å². The number of esters is 1. The van der Waals surface area contributed by atoms with E-state index in [0.717, 1.165) is 32.2 Å². The van der Waals surface area contributed by atoms with E-state index in [1.807, 2.05) is 4.90 Å². The van der Waals surface area contributed by atoms with Gasteiger partial charge in [0.1, 0.15) is 0 Å². The lowest BCUT2D eigenvalue weighted by Gasteiger charge is -2.35. The number of piperazine rings is 1. The SMILES string of the molecule is COC(=O)[C@H]1C[C@H]1C(=O)N1CCN(C2CC2)CC1. The standard InChI is InChI=1S/C13H20N2O3/c1-18-13(17)11-8-10(11)12(16)15-6-4-14(5-7-15)9-2-3-9/h9-11H,2-8H2,1H3/t10-,11+/m1/s1. The van der Waals surface area contributed by atoms with E-state index in [9.17, 15) is 9.59 Å². The van der Waals surface area contributed by atoms with E-state index in [-0.39, 0.29) is 23.7 Å². The first-order chi connectivity index (χ1) is 8.70. The van der Waals surface area contributed by atoms with Crippen LogP contribution < -0.4 is 0 Å². The van der Waals surface area contributed by atoms with E-state index in [4.69, 9.17) is 0 Å². The predicted molar refractivity (Wildman–Crippen MR) is 64.8 cm³/mol. The topological polar surface area (TPSA) is 49.9 Å². The molecule has 0 spiro atoms. The van der Waals surface area contributed by atoms with Gasteiger partial charge in [0, 0.05) is 32.2 Å². The van der Waals surface area contributed by atoms with E-state index < -0.39 is 0 Å². The monoisotopic (exact) mass is 252 g/mol. The lowest BCUT2D eigenvalue weighted by Crippen LogP contribution is -2.50. The van der Waals surface area contributed by atoms with Crippen LogP contribution in [-0.4, -0.2) is 61.0 Å². The molecule has 0 bridgehead atoms. The zero-order valence-electron chi connectivity index (χ0n) is 10.8. The Balaban J connectivity index is 1.48. The summed E-state index contributed by atoms with van der Waals surface area (Å²) in [6.07, 6.45) is 3.32. The van der Waals surface area contributed by atoms with Crippen LogP contribution in [-0.2, 0) is 14.3 Å². The average Bonchev–Trinajstić information content (AvgIpc) is 3.30. The van der Waals surface area contributed by atoms with Gasteiger partial charge in [-0.25, -0.2) is 0 Å². The van der Waals surface area contributed by atoms with Gasteiger partial charge in [0.25, 0.3) is 0 Å². The van der Waals surface area contributed by atoms with Gasteiger partial charge in [0.05, 0.1) is 18.9 Å². The molecular formula is C13H20N2O3. The second kappa shape index (κ2) is 4.53. The van der Waals surface area contributed by atoms with Crippen LogP contribution in [0.25, 0.3) is 0 Å². The fourth-order valence-corrected chi connectivity index (χ4v) is 2.86. The van der Waals surface area contributed by atoms with E-state index >= 15 is 0 Å². The number of carbonyl (C=O) groups excluding carboxylic acids is 2. The van der Waals surface area contributed by atoms with Crippen LogP contribution in [0, 0.1) is 11.8 Å². The Morgan fingerprint density at radius 3 is 2.28 bits per heavy atom. The molecule has 1 heterocycles. The van der Waals surface area contributed by atoms with Crippen LogP contribution in [0.3, 0.4) is 0 Å². The number of ether oxygens (including phenoxy) is 1. The van der Waals surface area contributed by atoms with Crippen molar-refractivity contribution in [3.63, 3.8) is 0 Å². The second-order valence-electron chi connectivity index (χ2n) is 5.56. The molecule has 2 aliphatic carbocycles. The van der Waals surface area contributed by atoms with Gasteiger partial charge in [-0.15, -0.1) is 0 Å². The molecule has 2 saturated carbocycles. The Morgan fingerprint density at radius 2 is 1.72 bits per heavy atom. The Hall–Kier alpha value is -1.10. The summed E-state index contributed by atoms with van der Waals surface area (Å²) in [7, 11) is 1.39. The summed E-state index contributed by atoms with van der Waals surface area (Å²) in [5.74, 6) is -0.361. The number of hydrogen-bond acceptors (Lipinski definition) is 4. The molecular weight excluding hydrogens is 232 g/mol. The van der Waals surface area contributed by atoms with Gasteiger partial charge >= 0.3 is 5.97 Å². The van der Waals surface area contributed by atoms with Gasteiger partial charge in [-0.1, -0.05) is 0 Å². The van der Waals surface area contributed by atoms with Crippen molar-refractivity contribution in [1.29, 1.82) is 0 Å². The molecule has 0 aromatic carbocycles. The molecule has 1 aliphatic heterocycles. The van der Waals surface area contributed by atoms with Gasteiger partial charge < -0.3 is 9.64 Å². The normalized spacial score (nSPS) is 32.2. The number of carbonyl (C=O) groups is 2. The average molecular weight is 252 g/mol. The summed E-state index contributed by atoms with van der Waals surface area (Å²) in [5.41, 5.74) is 0. The molecule has 0 radical (unpaired) electrons. The summed E-state index contributed by atoms with van der Waals surface area (Å²) in [4.78, 5) is 27.9. The first kappa shape index (κ1) is 12.0. The first-order valence-electron chi connectivity index (χ1n) is 6.81. The summed E-state index contributed by atoms with van der Waals surface area (Å²) < 4.78 is 4.68. The molecule has 3 fully saturated rings. The van der Waals surface area contributed by atoms with Crippen molar-refractivity contribution in [3.8, 4) is 0 Å². The van der Waals surface area contributed by atoms with Crippen LogP contribution >= 0.6 is 0 Å². The van der Waals surface area contributed by atoms with Crippen LogP contribution in [0.2, 0.25) is 0 Å². The highest BCUT2D eigenvalue weighted by molar-refractivity contribution is 5.90. The van der Waals surface area contributed by atoms with Crippen molar-refractivity contribution in [3.05, 3.63) is 0 Å². The number of amides is 1. The maximum atomic E-state index is 12.2. The number of methoxy groups -OCH3 is 1. The highest BCUT2D eigenvalue weighted by Crippen LogP contribution is 2.41. The third kappa shape index (κ3) is 2.23. The molecule has 1 amide bonds. The van der Waals surface area contributed by atoms with E-state index in [0.29, 0.717) is 6.42 Å². The van der Waals surface area contributed by atoms with Crippen molar-refractivity contribution in [2.45, 2.75) is 25.3 Å². The molecule has 0 N–H and O–H groups in total. The third-order valence-electron chi connectivity index (χ3n) is 4.30. The van der Waals surface area contributed by atoms with Gasteiger partial charge in [0.15, 0.2) is 0 Å². The van der Waals surface area contributed by atoms with Crippen LogP contribution in [0.5, 0.6) is 0 Å². The van der Waals surface area contributed by atoms with Crippen molar-refractivity contribution >= 4 is 11.9 Å². The largest absolute Gasteiger partial charge is 0.469 e. The lowest BCUT2D eigenvalue weighted by atomic mass is 10.2. The smallest absolute Gasteiger partial charge is 0.309 e. The van der Waals surface area contributed by atoms with Gasteiger partial charge in [-0.3, -0.25) is 14.5 Å². The minimum Gasteiger partial charge on any atom is -0.469 e. The van der Waals surface area contributed by atoms with Gasteiger partial charge in [-0.2, -0.15) is 0 Å². The van der Waals surface area contributed by atoms with E-state index in [1.165, 1.54) is 20.0 Å². The third-order valence-corrected chi connectivity index (χ3v) is 4.30. The number of rotatable bonds is 3. The molecule has 5 nitrogen and oxygen atoms in total. The van der Waals surface area contributed by atoms with Gasteiger partial charge in [-0.05, 0) is 19.3 Å². The summed E-state index contributed by atoms with van der Waals surface area (Å²) in [6.45, 7) is 3.62. The molecule has 0 aromatic rings. The zero-order valence-corrected chi connectivity index (χ0v) is 10.8. The quantitative estimate of drug-likeness (QED) is 0.669. The molecule has 2 atom stereocenters. The maximum absolute atomic E-state index is 12.2. The highest BCUT2D eigenvalue weighted by atomic mass is 16.5. The Bertz CT molecular complexity index is 359. The lowest BCUT2D eigenvalue weighted by molar-refractivity contribution is -0.145. The van der Waals surface area contributed by atoms with E-state index in [2.05, 4.69) is 9.64 Å². The Morgan fingerprint density at radius 1 is 1.06 bits per heavy atom. The summed E-state index contributed by atoms with van der Waals surface area (Å²) in [6, 6.07) is 0.783. The van der Waals surface area contributed by atoms with E-state index in [1.54, 1.807) is 0 Å². The molecule has 1 saturated heterocycles. The van der Waals surface area contributed by atoms with Crippen molar-refractivity contribution in [1.82, 2.24) is 9.80 Å². The summed E-state index contributed by atoms with van der Waals surface area (Å²) in [5, 5.41) is 0. The number of nitrogens with zero attached hydrogens (tertiary/aromatic N) is 2. The van der Waals surface area contributed by atoms with Crippen molar-refractivity contribution in [2.75, 3.05) is 33.3 Å². The molecule has 0 unspecified atom stereocenters. The molecule has 3 aliphatic rings. The fraction of sp³-hybridized carbons (Fsp3) is 0.846. The molecule has 3 rings (SSSR count). The zero-order chi connectivity index (χ0) is 12.7. The second-order valence-corrected chi connectivity index (χ2v) is 5.56. The first-order valence-corrected chi connectivity index (χ1v) is 6.81. The minimum absolute atomic E-state index is 0.107. The Kier molecular flexibility index (Phi) is 3.01. The maximum Gasteiger partial charge on any atom is 0.309 e. The molecule has 18 heavy (non-hydrogen) atoms. The van der Waals surface area contributed by atoms with Crippen LogP contribution in [0.1, 0.15) is 19.3 Å². The molecule has 0 aromatic heterocycles. The Labute approximate surface area is 107 Å². The summed E-state index contributed by atoms with van der Waals surface area (Å²) >= 11 is 0. The highest BCUT2D eigenvalue weighted by Gasteiger charge is 2.50. The van der Waals surface area contributed by atoms with Crippen molar-refractivity contribution in [2.24, 2.45) is 11.8 Å². The predicted octanol–water partition coefficient (Wildman–Crippen LogP) is 0.102. The minimum atomic E-state index is -0.232.